The van der Waals surface area contributed by atoms with E-state index in [1.807, 2.05) is 18.2 Å². The molecule has 8 nitrogen and oxygen atoms in total. The van der Waals surface area contributed by atoms with Gasteiger partial charge in [-0.15, -0.1) is 11.8 Å². The highest BCUT2D eigenvalue weighted by Crippen LogP contribution is 2.42. The average Bonchev–Trinajstić information content (AvgIpc) is 3.20. The largest absolute Gasteiger partial charge is 0.497 e. The molecule has 0 radical (unpaired) electrons. The summed E-state index contributed by atoms with van der Waals surface area (Å²) in [7, 11) is 1.58. The van der Waals surface area contributed by atoms with Gasteiger partial charge in [-0.3, -0.25) is 24.6 Å². The minimum absolute atomic E-state index is 0.0157. The summed E-state index contributed by atoms with van der Waals surface area (Å²) in [6, 6.07) is 18.3. The summed E-state index contributed by atoms with van der Waals surface area (Å²) in [6.07, 6.45) is 0. The van der Waals surface area contributed by atoms with Crippen LogP contribution in [0.4, 0.5) is 17.1 Å². The van der Waals surface area contributed by atoms with Crippen LogP contribution in [0.15, 0.2) is 66.7 Å². The van der Waals surface area contributed by atoms with Crippen molar-refractivity contribution in [1.82, 2.24) is 0 Å². The Balaban J connectivity index is 1.57. The normalized spacial score (nSPS) is 15.4. The van der Waals surface area contributed by atoms with Crippen molar-refractivity contribution in [3.05, 3.63) is 93.0 Å². The highest BCUT2D eigenvalue weighted by Gasteiger charge is 2.34. The van der Waals surface area contributed by atoms with Crippen LogP contribution in [0.1, 0.15) is 21.3 Å². The lowest BCUT2D eigenvalue weighted by Gasteiger charge is -2.25. The van der Waals surface area contributed by atoms with Gasteiger partial charge in [-0.1, -0.05) is 23.7 Å². The number of nitro benzene ring substituents is 1. The molecule has 1 N–H and O–H groups in total. The molecule has 33 heavy (non-hydrogen) atoms. The third kappa shape index (κ3) is 4.79. The molecule has 1 atom stereocenters. The van der Waals surface area contributed by atoms with E-state index in [1.54, 1.807) is 42.3 Å². The van der Waals surface area contributed by atoms with Gasteiger partial charge in [0.15, 0.2) is 0 Å². The predicted molar refractivity (Wildman–Crippen MR) is 128 cm³/mol. The topological polar surface area (TPSA) is 102 Å². The van der Waals surface area contributed by atoms with E-state index in [1.165, 1.54) is 23.9 Å². The molecule has 1 heterocycles. The van der Waals surface area contributed by atoms with Gasteiger partial charge < -0.3 is 10.1 Å². The second-order valence-corrected chi connectivity index (χ2v) is 8.60. The van der Waals surface area contributed by atoms with Crippen molar-refractivity contribution < 1.29 is 19.2 Å². The predicted octanol–water partition coefficient (Wildman–Crippen LogP) is 5.29. The number of nitrogens with zero attached hydrogens (tertiary/aromatic N) is 2. The summed E-state index contributed by atoms with van der Waals surface area (Å²) in [5.74, 6) is 0.510. The fourth-order valence-corrected chi connectivity index (χ4v) is 4.81. The quantitative estimate of drug-likeness (QED) is 0.377. The minimum atomic E-state index is -0.637. The van der Waals surface area contributed by atoms with Gasteiger partial charge in [0.25, 0.3) is 11.6 Å². The fraction of sp³-hybridized carbons (Fsp3) is 0.130. The molecule has 3 aromatic carbocycles. The summed E-state index contributed by atoms with van der Waals surface area (Å²) in [4.78, 5) is 37.5. The van der Waals surface area contributed by atoms with Crippen molar-refractivity contribution >= 4 is 52.2 Å². The lowest BCUT2D eigenvalue weighted by atomic mass is 10.1. The van der Waals surface area contributed by atoms with Crippen molar-refractivity contribution in [2.75, 3.05) is 23.1 Å². The third-order valence-corrected chi connectivity index (χ3v) is 6.59. The lowest BCUT2D eigenvalue weighted by Crippen LogP contribution is -2.27. The number of nitro groups is 1. The highest BCUT2D eigenvalue weighted by atomic mass is 35.5. The van der Waals surface area contributed by atoms with Gasteiger partial charge in [-0.05, 0) is 54.1 Å². The van der Waals surface area contributed by atoms with E-state index in [0.29, 0.717) is 17.2 Å². The second-order valence-electron chi connectivity index (χ2n) is 7.13. The lowest BCUT2D eigenvalue weighted by molar-refractivity contribution is -0.384. The van der Waals surface area contributed by atoms with E-state index in [9.17, 15) is 19.7 Å². The molecule has 1 unspecified atom stereocenters. The van der Waals surface area contributed by atoms with Crippen LogP contribution in [-0.4, -0.2) is 29.6 Å². The molecule has 0 aliphatic carbocycles. The van der Waals surface area contributed by atoms with Crippen molar-refractivity contribution in [1.29, 1.82) is 0 Å². The molecule has 1 saturated heterocycles. The van der Waals surface area contributed by atoms with E-state index in [-0.39, 0.29) is 27.6 Å². The first kappa shape index (κ1) is 22.6. The molecular formula is C23H18ClN3O5S. The van der Waals surface area contributed by atoms with Gasteiger partial charge in [0.1, 0.15) is 16.1 Å². The zero-order valence-corrected chi connectivity index (χ0v) is 18.9. The maximum atomic E-state index is 12.7. The molecule has 0 bridgehead atoms. The van der Waals surface area contributed by atoms with Gasteiger partial charge in [0.2, 0.25) is 5.91 Å². The number of hydrogen-bond donors (Lipinski definition) is 1. The Hall–Kier alpha value is -3.56. The van der Waals surface area contributed by atoms with Crippen LogP contribution in [0.5, 0.6) is 5.75 Å². The van der Waals surface area contributed by atoms with E-state index in [2.05, 4.69) is 5.32 Å². The van der Waals surface area contributed by atoms with E-state index in [0.717, 1.165) is 17.3 Å². The molecule has 1 aliphatic rings. The van der Waals surface area contributed by atoms with E-state index in [4.69, 9.17) is 16.3 Å². The van der Waals surface area contributed by atoms with Crippen LogP contribution in [0, 0.1) is 10.1 Å². The number of halogens is 1. The average molecular weight is 484 g/mol. The molecule has 1 fully saturated rings. The van der Waals surface area contributed by atoms with Gasteiger partial charge in [0.05, 0.1) is 17.8 Å². The SMILES string of the molecule is COc1ccc(N2C(=O)CSC2c2cccc(NC(=O)c3ccc(Cl)c([N+](=O)[O-])c3)c2)cc1. The van der Waals surface area contributed by atoms with Gasteiger partial charge in [0, 0.05) is 23.0 Å². The number of rotatable bonds is 6. The first-order chi connectivity index (χ1) is 15.9. The Labute approximate surface area is 198 Å². The summed E-state index contributed by atoms with van der Waals surface area (Å²) >= 11 is 7.32. The number of carbonyl (C=O) groups excluding carboxylic acids is 2. The van der Waals surface area contributed by atoms with Crippen LogP contribution in [0.25, 0.3) is 0 Å². The van der Waals surface area contributed by atoms with Crippen LogP contribution < -0.4 is 15.0 Å². The summed E-state index contributed by atoms with van der Waals surface area (Å²) in [5, 5.41) is 13.6. The molecule has 4 rings (SSSR count). The molecular weight excluding hydrogens is 466 g/mol. The van der Waals surface area contributed by atoms with Gasteiger partial charge in [-0.25, -0.2) is 0 Å². The third-order valence-electron chi connectivity index (χ3n) is 5.05. The Morgan fingerprint density at radius 3 is 2.64 bits per heavy atom. The molecule has 1 aliphatic heterocycles. The molecule has 3 aromatic rings. The molecule has 0 saturated carbocycles. The van der Waals surface area contributed by atoms with Crippen molar-refractivity contribution in [2.45, 2.75) is 5.37 Å². The van der Waals surface area contributed by atoms with Crippen molar-refractivity contribution in [3.63, 3.8) is 0 Å². The Kier molecular flexibility index (Phi) is 6.52. The van der Waals surface area contributed by atoms with Crippen LogP contribution in [-0.2, 0) is 4.79 Å². The molecule has 0 aromatic heterocycles. The van der Waals surface area contributed by atoms with Crippen molar-refractivity contribution in [2.24, 2.45) is 0 Å². The Bertz CT molecular complexity index is 1240. The number of nitrogens with one attached hydrogen (secondary N) is 1. The zero-order chi connectivity index (χ0) is 23.5. The minimum Gasteiger partial charge on any atom is -0.497 e. The summed E-state index contributed by atoms with van der Waals surface area (Å²) in [6.45, 7) is 0. The molecule has 10 heteroatoms. The number of hydrogen-bond acceptors (Lipinski definition) is 6. The standard InChI is InChI=1S/C23H18ClN3O5S/c1-32-18-8-6-17(7-9-18)26-21(28)13-33-23(26)15-3-2-4-16(11-15)25-22(29)14-5-10-19(24)20(12-14)27(30)31/h2-12,23H,13H2,1H3,(H,25,29). The van der Waals surface area contributed by atoms with E-state index < -0.39 is 10.8 Å². The second kappa shape index (κ2) is 9.51. The van der Waals surface area contributed by atoms with Gasteiger partial charge in [-0.2, -0.15) is 0 Å². The number of ether oxygens (including phenoxy) is 1. The van der Waals surface area contributed by atoms with Crippen LogP contribution in [0.2, 0.25) is 5.02 Å². The summed E-state index contributed by atoms with van der Waals surface area (Å²) in [5.41, 5.74) is 1.86. The monoisotopic (exact) mass is 483 g/mol. The molecule has 0 spiro atoms. The number of methoxy groups -OCH3 is 1. The van der Waals surface area contributed by atoms with Crippen LogP contribution >= 0.6 is 23.4 Å². The maximum absolute atomic E-state index is 12.7. The first-order valence-corrected chi connectivity index (χ1v) is 11.2. The smallest absolute Gasteiger partial charge is 0.288 e. The number of anilines is 2. The fourth-order valence-electron chi connectivity index (χ4n) is 3.46. The van der Waals surface area contributed by atoms with Crippen molar-refractivity contribution in [3.8, 4) is 5.75 Å². The van der Waals surface area contributed by atoms with Gasteiger partial charge >= 0.3 is 0 Å². The highest BCUT2D eigenvalue weighted by molar-refractivity contribution is 8.00. The maximum Gasteiger partial charge on any atom is 0.288 e. The van der Waals surface area contributed by atoms with Crippen LogP contribution in [0.3, 0.4) is 0 Å². The number of carbonyl (C=O) groups is 2. The molecule has 168 valence electrons. The first-order valence-electron chi connectivity index (χ1n) is 9.80. The Morgan fingerprint density at radius 2 is 1.94 bits per heavy atom. The zero-order valence-electron chi connectivity index (χ0n) is 17.4. The Morgan fingerprint density at radius 1 is 1.18 bits per heavy atom. The number of benzene rings is 3. The summed E-state index contributed by atoms with van der Waals surface area (Å²) < 4.78 is 5.19. The number of amides is 2. The number of thioether (sulfide) groups is 1. The molecule has 2 amide bonds. The van der Waals surface area contributed by atoms with E-state index >= 15 is 0 Å².